The van der Waals surface area contributed by atoms with Crippen molar-refractivity contribution in [1.82, 2.24) is 19.9 Å². The summed E-state index contributed by atoms with van der Waals surface area (Å²) >= 11 is 0. The molecule has 3 aromatic rings. The zero-order chi connectivity index (χ0) is 21.8. The van der Waals surface area contributed by atoms with Crippen molar-refractivity contribution in [2.75, 3.05) is 43.5 Å². The first-order valence-corrected chi connectivity index (χ1v) is 10.3. The van der Waals surface area contributed by atoms with Crippen LogP contribution in [0.15, 0.2) is 48.7 Å². The molecule has 0 spiro atoms. The quantitative estimate of drug-likeness (QED) is 0.681. The van der Waals surface area contributed by atoms with E-state index in [1.807, 2.05) is 42.2 Å². The molecule has 1 saturated heterocycles. The number of carbonyl (C=O) groups is 1. The largest absolute Gasteiger partial charge is 0.481 e. The van der Waals surface area contributed by atoms with Crippen LogP contribution in [0.1, 0.15) is 21.6 Å². The Morgan fingerprint density at radius 2 is 1.74 bits per heavy atom. The van der Waals surface area contributed by atoms with Crippen LogP contribution in [0.3, 0.4) is 0 Å². The van der Waals surface area contributed by atoms with Crippen molar-refractivity contribution in [3.63, 3.8) is 0 Å². The topological polar surface area (TPSA) is 83.5 Å². The van der Waals surface area contributed by atoms with E-state index in [-0.39, 0.29) is 5.91 Å². The molecule has 1 aliphatic rings. The maximum atomic E-state index is 12.8. The number of methoxy groups -OCH3 is 1. The van der Waals surface area contributed by atoms with Gasteiger partial charge in [0.25, 0.3) is 5.91 Å². The number of nitrogens with zero attached hydrogens (tertiary/aromatic N) is 5. The third-order valence-corrected chi connectivity index (χ3v) is 5.23. The van der Waals surface area contributed by atoms with Gasteiger partial charge in [0.2, 0.25) is 11.8 Å². The number of anilines is 3. The fourth-order valence-electron chi connectivity index (χ4n) is 3.51. The number of aryl methyl sites for hydroxylation is 2. The highest BCUT2D eigenvalue weighted by Crippen LogP contribution is 2.21. The van der Waals surface area contributed by atoms with Gasteiger partial charge in [0.05, 0.1) is 7.11 Å². The zero-order valence-corrected chi connectivity index (χ0v) is 18.0. The predicted octanol–water partition coefficient (Wildman–Crippen LogP) is 3.20. The van der Waals surface area contributed by atoms with Crippen LogP contribution < -0.4 is 15.0 Å². The number of aromatic nitrogens is 3. The van der Waals surface area contributed by atoms with Crippen LogP contribution in [0.2, 0.25) is 0 Å². The van der Waals surface area contributed by atoms with Crippen LogP contribution in [0.5, 0.6) is 5.88 Å². The molecule has 0 radical (unpaired) electrons. The summed E-state index contributed by atoms with van der Waals surface area (Å²) in [6.45, 7) is 6.66. The van der Waals surface area contributed by atoms with Gasteiger partial charge in [0.1, 0.15) is 5.82 Å². The van der Waals surface area contributed by atoms with Crippen molar-refractivity contribution < 1.29 is 9.53 Å². The molecule has 1 aliphatic heterocycles. The molecule has 8 heteroatoms. The first-order valence-electron chi connectivity index (χ1n) is 10.3. The molecule has 1 fully saturated rings. The number of nitrogens with one attached hydrogen (secondary N) is 1. The number of pyridine rings is 1. The van der Waals surface area contributed by atoms with Crippen LogP contribution in [0, 0.1) is 13.8 Å². The number of benzene rings is 1. The minimum Gasteiger partial charge on any atom is -0.481 e. The molecule has 160 valence electrons. The van der Waals surface area contributed by atoms with E-state index >= 15 is 0 Å². The summed E-state index contributed by atoms with van der Waals surface area (Å²) in [7, 11) is 1.54. The molecule has 0 saturated carbocycles. The van der Waals surface area contributed by atoms with Gasteiger partial charge in [0, 0.05) is 61.5 Å². The molecule has 1 aromatic carbocycles. The van der Waals surface area contributed by atoms with E-state index in [2.05, 4.69) is 27.1 Å². The van der Waals surface area contributed by atoms with Crippen molar-refractivity contribution in [3.8, 4) is 5.88 Å². The average Bonchev–Trinajstić information content (AvgIpc) is 2.80. The number of rotatable bonds is 5. The number of hydrogen-bond donors (Lipinski definition) is 1. The van der Waals surface area contributed by atoms with Crippen molar-refractivity contribution >= 4 is 23.4 Å². The van der Waals surface area contributed by atoms with E-state index in [0.717, 1.165) is 17.2 Å². The van der Waals surface area contributed by atoms with E-state index in [0.29, 0.717) is 43.6 Å². The van der Waals surface area contributed by atoms with Gasteiger partial charge in [-0.1, -0.05) is 17.7 Å². The second kappa shape index (κ2) is 8.99. The summed E-state index contributed by atoms with van der Waals surface area (Å²) in [6, 6.07) is 13.5. The summed E-state index contributed by atoms with van der Waals surface area (Å²) in [5, 5.41) is 3.28. The highest BCUT2D eigenvalue weighted by Gasteiger charge is 2.24. The first-order chi connectivity index (χ1) is 15.0. The standard InChI is InChI=1S/C23H26N6O2/c1-16-4-6-19(7-5-16)26-23-25-17(2)14-20(27-23)28-10-12-29(13-11-28)22(30)18-8-9-24-21(15-18)31-3/h4-9,14-15H,10-13H2,1-3H3,(H,25,26,27). The van der Waals surface area contributed by atoms with Crippen LogP contribution in [0.25, 0.3) is 0 Å². The van der Waals surface area contributed by atoms with E-state index in [1.165, 1.54) is 5.56 Å². The first kappa shape index (κ1) is 20.6. The lowest BCUT2D eigenvalue weighted by molar-refractivity contribution is 0.0746. The molecule has 8 nitrogen and oxygen atoms in total. The molecule has 3 heterocycles. The van der Waals surface area contributed by atoms with E-state index in [4.69, 9.17) is 9.72 Å². The molecule has 0 atom stereocenters. The van der Waals surface area contributed by atoms with Crippen LogP contribution in [-0.4, -0.2) is 59.0 Å². The van der Waals surface area contributed by atoms with Gasteiger partial charge < -0.3 is 19.9 Å². The van der Waals surface area contributed by atoms with Crippen LogP contribution in [0.4, 0.5) is 17.5 Å². The Morgan fingerprint density at radius 1 is 1.00 bits per heavy atom. The molecule has 0 unspecified atom stereocenters. The predicted molar refractivity (Wildman–Crippen MR) is 120 cm³/mol. The minimum absolute atomic E-state index is 0.0130. The molecule has 0 bridgehead atoms. The Morgan fingerprint density at radius 3 is 2.45 bits per heavy atom. The SMILES string of the molecule is COc1cc(C(=O)N2CCN(c3cc(C)nc(Nc4ccc(C)cc4)n3)CC2)ccn1. The van der Waals surface area contributed by atoms with Gasteiger partial charge in [-0.3, -0.25) is 4.79 Å². The lowest BCUT2D eigenvalue weighted by atomic mass is 10.2. The molecule has 0 aliphatic carbocycles. The average molecular weight is 419 g/mol. The number of carbonyl (C=O) groups excluding carboxylic acids is 1. The summed E-state index contributed by atoms with van der Waals surface area (Å²) in [5.41, 5.74) is 3.63. The number of piperazine rings is 1. The molecule has 2 aromatic heterocycles. The fourth-order valence-corrected chi connectivity index (χ4v) is 3.51. The molecular weight excluding hydrogens is 392 g/mol. The van der Waals surface area contributed by atoms with E-state index in [1.54, 1.807) is 25.4 Å². The Labute approximate surface area is 181 Å². The Bertz CT molecular complexity index is 1060. The molecule has 1 N–H and O–H groups in total. The van der Waals surface area contributed by atoms with Crippen molar-refractivity contribution in [3.05, 3.63) is 65.5 Å². The van der Waals surface area contributed by atoms with E-state index < -0.39 is 0 Å². The van der Waals surface area contributed by atoms with Crippen LogP contribution >= 0.6 is 0 Å². The Kier molecular flexibility index (Phi) is 5.97. The van der Waals surface area contributed by atoms with Crippen LogP contribution in [-0.2, 0) is 0 Å². The summed E-state index contributed by atoms with van der Waals surface area (Å²) < 4.78 is 5.13. The maximum Gasteiger partial charge on any atom is 0.254 e. The van der Waals surface area contributed by atoms with Gasteiger partial charge in [-0.2, -0.15) is 4.98 Å². The maximum absolute atomic E-state index is 12.8. The van der Waals surface area contributed by atoms with E-state index in [9.17, 15) is 4.79 Å². The lowest BCUT2D eigenvalue weighted by Crippen LogP contribution is -2.49. The second-order valence-corrected chi connectivity index (χ2v) is 7.55. The number of ether oxygens (including phenoxy) is 1. The van der Waals surface area contributed by atoms with Crippen molar-refractivity contribution in [1.29, 1.82) is 0 Å². The Balaban J connectivity index is 1.43. The summed E-state index contributed by atoms with van der Waals surface area (Å²) in [4.78, 5) is 30.2. The van der Waals surface area contributed by atoms with Gasteiger partial charge in [0.15, 0.2) is 0 Å². The van der Waals surface area contributed by atoms with Gasteiger partial charge in [-0.05, 0) is 32.0 Å². The third kappa shape index (κ3) is 4.91. The van der Waals surface area contributed by atoms with Gasteiger partial charge in [-0.15, -0.1) is 0 Å². The highest BCUT2D eigenvalue weighted by atomic mass is 16.5. The smallest absolute Gasteiger partial charge is 0.254 e. The third-order valence-electron chi connectivity index (χ3n) is 5.23. The van der Waals surface area contributed by atoms with Crippen molar-refractivity contribution in [2.24, 2.45) is 0 Å². The monoisotopic (exact) mass is 418 g/mol. The second-order valence-electron chi connectivity index (χ2n) is 7.55. The number of hydrogen-bond acceptors (Lipinski definition) is 7. The normalized spacial score (nSPS) is 13.8. The zero-order valence-electron chi connectivity index (χ0n) is 18.0. The van der Waals surface area contributed by atoms with Gasteiger partial charge in [-0.25, -0.2) is 9.97 Å². The van der Waals surface area contributed by atoms with Crippen molar-refractivity contribution in [2.45, 2.75) is 13.8 Å². The molecule has 1 amide bonds. The summed E-state index contributed by atoms with van der Waals surface area (Å²) in [5.74, 6) is 1.86. The molecule has 4 rings (SSSR count). The summed E-state index contributed by atoms with van der Waals surface area (Å²) in [6.07, 6.45) is 1.59. The van der Waals surface area contributed by atoms with Gasteiger partial charge >= 0.3 is 0 Å². The Hall–Kier alpha value is -3.68. The minimum atomic E-state index is -0.0130. The number of amides is 1. The fraction of sp³-hybridized carbons (Fsp3) is 0.304. The lowest BCUT2D eigenvalue weighted by Gasteiger charge is -2.35. The molecular formula is C23H26N6O2. The molecule has 31 heavy (non-hydrogen) atoms. The highest BCUT2D eigenvalue weighted by molar-refractivity contribution is 5.94.